The zero-order chi connectivity index (χ0) is 15.7. The van der Waals surface area contributed by atoms with Crippen LogP contribution in [0.5, 0.6) is 0 Å². The number of nitrogens with zero attached hydrogens (tertiary/aromatic N) is 4. The predicted molar refractivity (Wildman–Crippen MR) is 88.0 cm³/mol. The Morgan fingerprint density at radius 2 is 2.14 bits per heavy atom. The lowest BCUT2D eigenvalue weighted by atomic mass is 10.3. The summed E-state index contributed by atoms with van der Waals surface area (Å²) in [6.45, 7) is 4.57. The Kier molecular flexibility index (Phi) is 3.94. The van der Waals surface area contributed by atoms with Crippen molar-refractivity contribution in [3.8, 4) is 0 Å². The van der Waals surface area contributed by atoms with E-state index in [9.17, 15) is 4.79 Å². The summed E-state index contributed by atoms with van der Waals surface area (Å²) >= 11 is 1.62. The third-order valence-corrected chi connectivity index (χ3v) is 4.46. The Morgan fingerprint density at radius 1 is 1.36 bits per heavy atom. The van der Waals surface area contributed by atoms with Gasteiger partial charge in [-0.05, 0) is 26.0 Å². The fourth-order valence-electron chi connectivity index (χ4n) is 2.21. The van der Waals surface area contributed by atoms with Crippen LogP contribution < -0.4 is 0 Å². The molecule has 114 valence electrons. The third-order valence-electron chi connectivity index (χ3n) is 3.43. The van der Waals surface area contributed by atoms with Crippen molar-refractivity contribution >= 4 is 27.5 Å². The minimum Gasteiger partial charge on any atom is -0.335 e. The first-order valence-electron chi connectivity index (χ1n) is 7.18. The first-order valence-corrected chi connectivity index (χ1v) is 8.00. The number of thiazole rings is 1. The molecular weight excluding hydrogens is 296 g/mol. The molecule has 5 nitrogen and oxygen atoms in total. The number of benzene rings is 1. The van der Waals surface area contributed by atoms with Crippen molar-refractivity contribution in [1.29, 1.82) is 0 Å². The Morgan fingerprint density at radius 3 is 2.82 bits per heavy atom. The van der Waals surface area contributed by atoms with E-state index in [1.807, 2.05) is 38.1 Å². The van der Waals surface area contributed by atoms with Crippen LogP contribution in [0.4, 0.5) is 0 Å². The molecule has 3 rings (SSSR count). The number of carbonyl (C=O) groups excluding carboxylic acids is 1. The van der Waals surface area contributed by atoms with Gasteiger partial charge in [0.15, 0.2) is 0 Å². The van der Waals surface area contributed by atoms with Gasteiger partial charge in [0.25, 0.3) is 5.91 Å². The molecule has 0 atom stereocenters. The van der Waals surface area contributed by atoms with Crippen LogP contribution in [-0.2, 0) is 6.54 Å². The SMILES string of the molecule is CC(C)n1cc(C(=O)N(C)Cc2nc3ccccc3s2)cn1. The van der Waals surface area contributed by atoms with Crippen molar-refractivity contribution in [3.05, 3.63) is 47.2 Å². The number of amides is 1. The second kappa shape index (κ2) is 5.88. The fourth-order valence-corrected chi connectivity index (χ4v) is 3.23. The molecule has 22 heavy (non-hydrogen) atoms. The molecule has 0 saturated carbocycles. The quantitative estimate of drug-likeness (QED) is 0.742. The molecule has 0 fully saturated rings. The lowest BCUT2D eigenvalue weighted by Crippen LogP contribution is -2.25. The van der Waals surface area contributed by atoms with Crippen molar-refractivity contribution in [1.82, 2.24) is 19.7 Å². The fraction of sp³-hybridized carbons (Fsp3) is 0.312. The molecule has 0 aliphatic carbocycles. The number of hydrogen-bond acceptors (Lipinski definition) is 4. The summed E-state index contributed by atoms with van der Waals surface area (Å²) in [4.78, 5) is 18.7. The van der Waals surface area contributed by atoms with Crippen LogP contribution >= 0.6 is 11.3 Å². The van der Waals surface area contributed by atoms with Crippen LogP contribution in [0.3, 0.4) is 0 Å². The highest BCUT2D eigenvalue weighted by molar-refractivity contribution is 7.18. The second-order valence-corrected chi connectivity index (χ2v) is 6.65. The first-order chi connectivity index (χ1) is 10.5. The van der Waals surface area contributed by atoms with Gasteiger partial charge < -0.3 is 4.90 Å². The number of fused-ring (bicyclic) bond motifs is 1. The maximum Gasteiger partial charge on any atom is 0.257 e. The minimum atomic E-state index is -0.0360. The Balaban J connectivity index is 1.75. The molecule has 0 radical (unpaired) electrons. The van der Waals surface area contributed by atoms with Gasteiger partial charge >= 0.3 is 0 Å². The van der Waals surface area contributed by atoms with Gasteiger partial charge in [0, 0.05) is 19.3 Å². The van der Waals surface area contributed by atoms with Gasteiger partial charge in [0.2, 0.25) is 0 Å². The summed E-state index contributed by atoms with van der Waals surface area (Å²) in [6.07, 6.45) is 3.42. The summed E-state index contributed by atoms with van der Waals surface area (Å²) < 4.78 is 2.93. The maximum absolute atomic E-state index is 12.4. The predicted octanol–water partition coefficient (Wildman–Crippen LogP) is 3.35. The monoisotopic (exact) mass is 314 g/mol. The molecule has 6 heteroatoms. The zero-order valence-electron chi connectivity index (χ0n) is 12.9. The molecule has 3 aromatic rings. The normalized spacial score (nSPS) is 11.3. The van der Waals surface area contributed by atoms with Crippen molar-refractivity contribution < 1.29 is 4.79 Å². The molecule has 0 aliphatic rings. The van der Waals surface area contributed by atoms with Gasteiger partial charge in [-0.3, -0.25) is 9.48 Å². The van der Waals surface area contributed by atoms with Gasteiger partial charge in [-0.25, -0.2) is 4.98 Å². The van der Waals surface area contributed by atoms with Crippen molar-refractivity contribution in [2.75, 3.05) is 7.05 Å². The summed E-state index contributed by atoms with van der Waals surface area (Å²) in [5.74, 6) is -0.0360. The molecule has 0 aliphatic heterocycles. The number of aromatic nitrogens is 3. The van der Waals surface area contributed by atoms with Crippen LogP contribution in [0.15, 0.2) is 36.7 Å². The molecule has 0 spiro atoms. The van der Waals surface area contributed by atoms with E-state index in [1.54, 1.807) is 40.4 Å². The largest absolute Gasteiger partial charge is 0.335 e. The van der Waals surface area contributed by atoms with Crippen molar-refractivity contribution in [2.45, 2.75) is 26.4 Å². The van der Waals surface area contributed by atoms with E-state index < -0.39 is 0 Å². The number of hydrogen-bond donors (Lipinski definition) is 0. The van der Waals surface area contributed by atoms with Crippen LogP contribution in [0.1, 0.15) is 35.3 Å². The Bertz CT molecular complexity index is 772. The standard InChI is InChI=1S/C16H18N4OS/c1-11(2)20-9-12(8-17-20)16(21)19(3)10-15-18-13-6-4-5-7-14(13)22-15/h4-9,11H,10H2,1-3H3. The Labute approximate surface area is 133 Å². The molecule has 2 heterocycles. The summed E-state index contributed by atoms with van der Waals surface area (Å²) in [5.41, 5.74) is 1.59. The summed E-state index contributed by atoms with van der Waals surface area (Å²) in [6, 6.07) is 8.26. The van der Waals surface area contributed by atoms with Crippen LogP contribution in [-0.4, -0.2) is 32.6 Å². The molecule has 0 bridgehead atoms. The molecule has 0 N–H and O–H groups in total. The van der Waals surface area contributed by atoms with Gasteiger partial charge in [-0.1, -0.05) is 12.1 Å². The number of para-hydroxylation sites is 1. The lowest BCUT2D eigenvalue weighted by Gasteiger charge is -2.14. The van der Waals surface area contributed by atoms with E-state index in [0.717, 1.165) is 15.2 Å². The van der Waals surface area contributed by atoms with Gasteiger partial charge in [-0.15, -0.1) is 11.3 Å². The average molecular weight is 314 g/mol. The van der Waals surface area contributed by atoms with E-state index in [2.05, 4.69) is 10.1 Å². The highest BCUT2D eigenvalue weighted by Crippen LogP contribution is 2.22. The highest BCUT2D eigenvalue weighted by atomic mass is 32.1. The van der Waals surface area contributed by atoms with Gasteiger partial charge in [-0.2, -0.15) is 5.10 Å². The lowest BCUT2D eigenvalue weighted by molar-refractivity contribution is 0.0785. The topological polar surface area (TPSA) is 51.0 Å². The van der Waals surface area contributed by atoms with Crippen LogP contribution in [0.2, 0.25) is 0 Å². The molecule has 1 aromatic carbocycles. The van der Waals surface area contributed by atoms with E-state index in [-0.39, 0.29) is 11.9 Å². The van der Waals surface area contributed by atoms with Crippen LogP contribution in [0.25, 0.3) is 10.2 Å². The van der Waals surface area contributed by atoms with E-state index in [0.29, 0.717) is 12.1 Å². The minimum absolute atomic E-state index is 0.0360. The second-order valence-electron chi connectivity index (χ2n) is 5.54. The molecule has 0 unspecified atom stereocenters. The smallest absolute Gasteiger partial charge is 0.257 e. The van der Waals surface area contributed by atoms with E-state index in [4.69, 9.17) is 0 Å². The van der Waals surface area contributed by atoms with E-state index >= 15 is 0 Å². The van der Waals surface area contributed by atoms with Crippen LogP contribution in [0, 0.1) is 0 Å². The summed E-state index contributed by atoms with van der Waals surface area (Å²) in [5, 5.41) is 5.16. The van der Waals surface area contributed by atoms with Gasteiger partial charge in [0.05, 0.1) is 28.5 Å². The van der Waals surface area contributed by atoms with E-state index in [1.165, 1.54) is 0 Å². The number of carbonyl (C=O) groups is 1. The average Bonchev–Trinajstić information content (AvgIpc) is 3.12. The summed E-state index contributed by atoms with van der Waals surface area (Å²) in [7, 11) is 1.79. The molecule has 2 aromatic heterocycles. The molecule has 0 saturated heterocycles. The molecular formula is C16H18N4OS. The van der Waals surface area contributed by atoms with Gasteiger partial charge in [0.1, 0.15) is 5.01 Å². The highest BCUT2D eigenvalue weighted by Gasteiger charge is 2.16. The zero-order valence-corrected chi connectivity index (χ0v) is 13.7. The third kappa shape index (κ3) is 2.87. The van der Waals surface area contributed by atoms with Crippen molar-refractivity contribution in [3.63, 3.8) is 0 Å². The number of rotatable bonds is 4. The molecule has 1 amide bonds. The van der Waals surface area contributed by atoms with Crippen molar-refractivity contribution in [2.24, 2.45) is 0 Å². The first kappa shape index (κ1) is 14.7. The Hall–Kier alpha value is -2.21. The maximum atomic E-state index is 12.4.